The van der Waals surface area contributed by atoms with Gasteiger partial charge in [-0.05, 0) is 68.7 Å². The number of rotatable bonds is 6. The van der Waals surface area contributed by atoms with Crippen molar-refractivity contribution in [1.29, 1.82) is 0 Å². The Kier molecular flexibility index (Phi) is 5.79. The fourth-order valence-electron chi connectivity index (χ4n) is 3.55. The standard InChI is InChI=1S/C21H29N3O/c1-16-9-10-17(13-20(16)25-2)7-6-8-18-14-19(15-21(22)23-18)24-11-4-3-5-12-24/h9-10,13-15H,3-8,11-12H2,1-2H3,(H2,22,23). The summed E-state index contributed by atoms with van der Waals surface area (Å²) in [7, 11) is 1.73. The molecule has 1 aliphatic heterocycles. The zero-order valence-corrected chi connectivity index (χ0v) is 15.4. The number of aryl methyl sites for hydroxylation is 3. The van der Waals surface area contributed by atoms with Crippen LogP contribution < -0.4 is 15.4 Å². The van der Waals surface area contributed by atoms with E-state index in [0.717, 1.165) is 43.8 Å². The van der Waals surface area contributed by atoms with Gasteiger partial charge in [0, 0.05) is 30.5 Å². The molecule has 0 radical (unpaired) electrons. The van der Waals surface area contributed by atoms with Gasteiger partial charge in [-0.3, -0.25) is 0 Å². The quantitative estimate of drug-likeness (QED) is 0.859. The van der Waals surface area contributed by atoms with Crippen molar-refractivity contribution in [2.24, 2.45) is 0 Å². The van der Waals surface area contributed by atoms with Crippen LogP contribution in [0.4, 0.5) is 11.5 Å². The Morgan fingerprint density at radius 3 is 2.64 bits per heavy atom. The number of aromatic nitrogens is 1. The van der Waals surface area contributed by atoms with Crippen molar-refractivity contribution in [2.75, 3.05) is 30.8 Å². The third-order valence-corrected chi connectivity index (χ3v) is 4.98. The van der Waals surface area contributed by atoms with E-state index < -0.39 is 0 Å². The number of nitrogen functional groups attached to an aromatic ring is 1. The molecule has 0 spiro atoms. The maximum atomic E-state index is 6.05. The lowest BCUT2D eigenvalue weighted by Gasteiger charge is -2.29. The van der Waals surface area contributed by atoms with Crippen molar-refractivity contribution in [1.82, 2.24) is 4.98 Å². The van der Waals surface area contributed by atoms with E-state index in [0.29, 0.717) is 5.82 Å². The molecule has 0 amide bonds. The molecular weight excluding hydrogens is 310 g/mol. The van der Waals surface area contributed by atoms with Crippen LogP contribution in [0.3, 0.4) is 0 Å². The normalized spacial score (nSPS) is 14.6. The minimum atomic E-state index is 0.634. The molecule has 4 heteroatoms. The highest BCUT2D eigenvalue weighted by Crippen LogP contribution is 2.24. The molecular formula is C21H29N3O. The molecule has 0 bridgehead atoms. The molecule has 2 heterocycles. The second kappa shape index (κ2) is 8.24. The molecule has 2 aromatic rings. The summed E-state index contributed by atoms with van der Waals surface area (Å²) in [5, 5.41) is 0. The lowest BCUT2D eigenvalue weighted by atomic mass is 10.0. The Morgan fingerprint density at radius 2 is 1.88 bits per heavy atom. The van der Waals surface area contributed by atoms with Crippen LogP contribution in [0.15, 0.2) is 30.3 Å². The molecule has 25 heavy (non-hydrogen) atoms. The molecule has 4 nitrogen and oxygen atoms in total. The van der Waals surface area contributed by atoms with E-state index in [9.17, 15) is 0 Å². The van der Waals surface area contributed by atoms with E-state index >= 15 is 0 Å². The monoisotopic (exact) mass is 339 g/mol. The third-order valence-electron chi connectivity index (χ3n) is 4.98. The topological polar surface area (TPSA) is 51.4 Å². The highest BCUT2D eigenvalue weighted by Gasteiger charge is 2.12. The van der Waals surface area contributed by atoms with Crippen LogP contribution in [-0.2, 0) is 12.8 Å². The Bertz CT molecular complexity index is 708. The highest BCUT2D eigenvalue weighted by molar-refractivity contribution is 5.54. The first-order valence-corrected chi connectivity index (χ1v) is 9.30. The van der Waals surface area contributed by atoms with Gasteiger partial charge in [-0.15, -0.1) is 0 Å². The van der Waals surface area contributed by atoms with Crippen LogP contribution in [-0.4, -0.2) is 25.2 Å². The minimum Gasteiger partial charge on any atom is -0.496 e. The van der Waals surface area contributed by atoms with Crippen LogP contribution in [0.25, 0.3) is 0 Å². The first-order chi connectivity index (χ1) is 12.2. The van der Waals surface area contributed by atoms with Gasteiger partial charge in [0.1, 0.15) is 11.6 Å². The van der Waals surface area contributed by atoms with Crippen molar-refractivity contribution >= 4 is 11.5 Å². The molecule has 0 aliphatic carbocycles. The molecule has 0 saturated carbocycles. The first kappa shape index (κ1) is 17.6. The summed E-state index contributed by atoms with van der Waals surface area (Å²) in [6.07, 6.45) is 6.90. The average molecular weight is 339 g/mol. The Balaban J connectivity index is 1.62. The molecule has 1 aromatic carbocycles. The van der Waals surface area contributed by atoms with Gasteiger partial charge in [0.05, 0.1) is 7.11 Å². The average Bonchev–Trinajstić information content (AvgIpc) is 2.63. The molecule has 2 N–H and O–H groups in total. The van der Waals surface area contributed by atoms with Crippen molar-refractivity contribution < 1.29 is 4.74 Å². The van der Waals surface area contributed by atoms with Gasteiger partial charge >= 0.3 is 0 Å². The molecule has 134 valence electrons. The minimum absolute atomic E-state index is 0.634. The highest BCUT2D eigenvalue weighted by atomic mass is 16.5. The van der Waals surface area contributed by atoms with Crippen LogP contribution in [0.2, 0.25) is 0 Å². The predicted molar refractivity (Wildman–Crippen MR) is 104 cm³/mol. The van der Waals surface area contributed by atoms with E-state index in [1.54, 1.807) is 7.11 Å². The molecule has 1 saturated heterocycles. The van der Waals surface area contributed by atoms with Crippen molar-refractivity contribution in [3.8, 4) is 5.75 Å². The molecule has 1 aliphatic rings. The van der Waals surface area contributed by atoms with Crippen LogP contribution in [0.5, 0.6) is 5.75 Å². The summed E-state index contributed by atoms with van der Waals surface area (Å²) >= 11 is 0. The number of anilines is 2. The number of nitrogens with two attached hydrogens (primary N) is 1. The number of benzene rings is 1. The van der Waals surface area contributed by atoms with Crippen molar-refractivity contribution in [3.63, 3.8) is 0 Å². The number of pyridine rings is 1. The van der Waals surface area contributed by atoms with Gasteiger partial charge in [-0.25, -0.2) is 4.98 Å². The van der Waals surface area contributed by atoms with Gasteiger partial charge in [-0.1, -0.05) is 12.1 Å². The van der Waals surface area contributed by atoms with E-state index in [1.807, 2.05) is 6.07 Å². The summed E-state index contributed by atoms with van der Waals surface area (Å²) in [5.41, 5.74) is 10.9. The van der Waals surface area contributed by atoms with Crippen LogP contribution in [0.1, 0.15) is 42.5 Å². The van der Waals surface area contributed by atoms with Crippen molar-refractivity contribution in [3.05, 3.63) is 47.2 Å². The van der Waals surface area contributed by atoms with Crippen molar-refractivity contribution in [2.45, 2.75) is 45.4 Å². The van der Waals surface area contributed by atoms with Gasteiger partial charge < -0.3 is 15.4 Å². The van der Waals surface area contributed by atoms with E-state index in [-0.39, 0.29) is 0 Å². The molecule has 0 atom stereocenters. The summed E-state index contributed by atoms with van der Waals surface area (Å²) in [5.74, 6) is 1.60. The molecule has 0 unspecified atom stereocenters. The van der Waals surface area contributed by atoms with E-state index in [2.05, 4.69) is 41.1 Å². The zero-order chi connectivity index (χ0) is 17.6. The Hall–Kier alpha value is -2.23. The summed E-state index contributed by atoms with van der Waals surface area (Å²) in [4.78, 5) is 6.97. The maximum absolute atomic E-state index is 6.05. The smallest absolute Gasteiger partial charge is 0.125 e. The summed E-state index contributed by atoms with van der Waals surface area (Å²) in [6, 6.07) is 10.7. The molecule has 3 rings (SSSR count). The second-order valence-electron chi connectivity index (χ2n) is 6.95. The van der Waals surface area contributed by atoms with Gasteiger partial charge in [0.25, 0.3) is 0 Å². The number of nitrogens with zero attached hydrogens (tertiary/aromatic N) is 2. The lowest BCUT2D eigenvalue weighted by Crippen LogP contribution is -2.29. The second-order valence-corrected chi connectivity index (χ2v) is 6.95. The van der Waals surface area contributed by atoms with Crippen LogP contribution in [0, 0.1) is 6.92 Å². The summed E-state index contributed by atoms with van der Waals surface area (Å²) in [6.45, 7) is 4.33. The van der Waals surface area contributed by atoms with Gasteiger partial charge in [-0.2, -0.15) is 0 Å². The summed E-state index contributed by atoms with van der Waals surface area (Å²) < 4.78 is 5.41. The Labute approximate surface area is 151 Å². The fourth-order valence-corrected chi connectivity index (χ4v) is 3.55. The number of hydrogen-bond donors (Lipinski definition) is 1. The zero-order valence-electron chi connectivity index (χ0n) is 15.4. The largest absolute Gasteiger partial charge is 0.496 e. The molecule has 1 aromatic heterocycles. The Morgan fingerprint density at radius 1 is 1.08 bits per heavy atom. The molecule has 1 fully saturated rings. The number of ether oxygens (including phenoxy) is 1. The fraction of sp³-hybridized carbons (Fsp3) is 0.476. The first-order valence-electron chi connectivity index (χ1n) is 9.30. The SMILES string of the molecule is COc1cc(CCCc2cc(N3CCCCC3)cc(N)n2)ccc1C. The number of methoxy groups -OCH3 is 1. The van der Waals surface area contributed by atoms with Gasteiger partial charge in [0.15, 0.2) is 0 Å². The third kappa shape index (κ3) is 4.65. The maximum Gasteiger partial charge on any atom is 0.125 e. The number of hydrogen-bond acceptors (Lipinski definition) is 4. The van der Waals surface area contributed by atoms with E-state index in [4.69, 9.17) is 10.5 Å². The van der Waals surface area contributed by atoms with Gasteiger partial charge in [0.2, 0.25) is 0 Å². The lowest BCUT2D eigenvalue weighted by molar-refractivity contribution is 0.411. The van der Waals surface area contributed by atoms with Crippen LogP contribution >= 0.6 is 0 Å². The predicted octanol–water partition coefficient (Wildman–Crippen LogP) is 4.15. The van der Waals surface area contributed by atoms with E-state index in [1.165, 1.54) is 36.1 Å². The number of piperidine rings is 1.